The Bertz CT molecular complexity index is 724. The summed E-state index contributed by atoms with van der Waals surface area (Å²) in [5, 5.41) is 14.4. The fourth-order valence-corrected chi connectivity index (χ4v) is 2.95. The van der Waals surface area contributed by atoms with Gasteiger partial charge in [0, 0.05) is 5.56 Å². The van der Waals surface area contributed by atoms with Crippen LogP contribution in [-0.2, 0) is 9.59 Å². The molecule has 0 aliphatic carbocycles. The highest BCUT2D eigenvalue weighted by Gasteiger charge is 2.28. The lowest BCUT2D eigenvalue weighted by atomic mass is 9.98. The first kappa shape index (κ1) is 19.6. The number of nitrogens with zero attached hydrogens (tertiary/aromatic N) is 2. The van der Waals surface area contributed by atoms with E-state index in [1.165, 1.54) is 11.3 Å². The Morgan fingerprint density at radius 3 is 2.44 bits per heavy atom. The molecule has 0 aliphatic heterocycles. The Hall–Kier alpha value is -1.70. The average molecular weight is 401 g/mol. The van der Waals surface area contributed by atoms with Crippen molar-refractivity contribution in [1.29, 1.82) is 0 Å². The Morgan fingerprint density at radius 1 is 1.16 bits per heavy atom. The summed E-state index contributed by atoms with van der Waals surface area (Å²) in [6.45, 7) is 3.78. The molecule has 2 aromatic rings. The molecule has 9 heteroatoms. The van der Waals surface area contributed by atoms with Crippen LogP contribution in [0.3, 0.4) is 0 Å². The molecule has 2 amide bonds. The molecule has 2 atom stereocenters. The smallest absolute Gasteiger partial charge is 0.253 e. The third-order valence-electron chi connectivity index (χ3n) is 3.67. The molecule has 25 heavy (non-hydrogen) atoms. The molecular weight excluding hydrogens is 383 g/mol. The number of carbonyl (C=O) groups is 2. The standard InChI is InChI=1S/C16H18Cl2N4O2S/c1-3-9(2)11(19-14(24)12(17)18)13(23)20-16-22-21-15(25-16)10-7-5-4-6-8-10/h4-9,11-12H,3H2,1-2H3,(H,19,24)(H,20,22,23). The number of alkyl halides is 2. The summed E-state index contributed by atoms with van der Waals surface area (Å²) >= 11 is 12.4. The normalized spacial score (nSPS) is 13.3. The minimum absolute atomic E-state index is 0.0995. The van der Waals surface area contributed by atoms with Gasteiger partial charge in [0.1, 0.15) is 11.0 Å². The van der Waals surface area contributed by atoms with Crippen LogP contribution in [-0.4, -0.2) is 32.9 Å². The number of rotatable bonds is 7. The van der Waals surface area contributed by atoms with E-state index in [1.54, 1.807) is 0 Å². The van der Waals surface area contributed by atoms with Gasteiger partial charge >= 0.3 is 0 Å². The molecule has 134 valence electrons. The van der Waals surface area contributed by atoms with Crippen LogP contribution in [0.2, 0.25) is 0 Å². The van der Waals surface area contributed by atoms with E-state index >= 15 is 0 Å². The third-order valence-corrected chi connectivity index (χ3v) is 4.95. The van der Waals surface area contributed by atoms with Gasteiger partial charge in [-0.25, -0.2) is 0 Å². The fourth-order valence-electron chi connectivity index (χ4n) is 2.07. The molecule has 6 nitrogen and oxygen atoms in total. The van der Waals surface area contributed by atoms with Crippen molar-refractivity contribution < 1.29 is 9.59 Å². The van der Waals surface area contributed by atoms with Crippen molar-refractivity contribution in [1.82, 2.24) is 15.5 Å². The second-order valence-corrected chi connectivity index (χ2v) is 7.51. The molecule has 2 rings (SSSR count). The molecule has 0 aliphatic rings. The Kier molecular flexibility index (Phi) is 7.16. The Labute approximate surface area is 159 Å². The van der Waals surface area contributed by atoms with Crippen LogP contribution in [0.1, 0.15) is 20.3 Å². The van der Waals surface area contributed by atoms with Crippen molar-refractivity contribution in [3.8, 4) is 10.6 Å². The van der Waals surface area contributed by atoms with E-state index in [4.69, 9.17) is 23.2 Å². The van der Waals surface area contributed by atoms with Crippen molar-refractivity contribution in [3.63, 3.8) is 0 Å². The second-order valence-electron chi connectivity index (χ2n) is 5.44. The SMILES string of the molecule is CCC(C)C(NC(=O)C(Cl)Cl)C(=O)Nc1nnc(-c2ccccc2)s1. The average Bonchev–Trinajstić information content (AvgIpc) is 3.07. The molecule has 1 heterocycles. The van der Waals surface area contributed by atoms with Gasteiger partial charge in [-0.2, -0.15) is 0 Å². The minimum Gasteiger partial charge on any atom is -0.342 e. The zero-order valence-electron chi connectivity index (χ0n) is 13.7. The lowest BCUT2D eigenvalue weighted by molar-refractivity contribution is -0.126. The highest BCUT2D eigenvalue weighted by atomic mass is 35.5. The number of carbonyl (C=O) groups excluding carboxylic acids is 2. The van der Waals surface area contributed by atoms with E-state index < -0.39 is 16.8 Å². The molecule has 1 aromatic carbocycles. The number of anilines is 1. The summed E-state index contributed by atoms with van der Waals surface area (Å²) in [6.07, 6.45) is 0.693. The van der Waals surface area contributed by atoms with Gasteiger partial charge in [0.2, 0.25) is 11.0 Å². The third kappa shape index (κ3) is 5.39. The minimum atomic E-state index is -1.23. The van der Waals surface area contributed by atoms with Crippen LogP contribution in [0.5, 0.6) is 0 Å². The lowest BCUT2D eigenvalue weighted by Crippen LogP contribution is -2.49. The molecule has 0 radical (unpaired) electrons. The number of nitrogens with one attached hydrogen (secondary N) is 2. The van der Waals surface area contributed by atoms with Crippen LogP contribution in [0.15, 0.2) is 30.3 Å². The van der Waals surface area contributed by atoms with Crippen LogP contribution >= 0.6 is 34.5 Å². The first-order valence-corrected chi connectivity index (χ1v) is 9.39. The maximum absolute atomic E-state index is 12.5. The summed E-state index contributed by atoms with van der Waals surface area (Å²) in [4.78, 5) is 23.1. The Morgan fingerprint density at radius 2 is 1.84 bits per heavy atom. The van der Waals surface area contributed by atoms with Gasteiger partial charge in [0.25, 0.3) is 5.91 Å². The zero-order valence-corrected chi connectivity index (χ0v) is 16.0. The topological polar surface area (TPSA) is 84.0 Å². The quantitative estimate of drug-likeness (QED) is 0.696. The van der Waals surface area contributed by atoms with Crippen molar-refractivity contribution >= 4 is 51.5 Å². The summed E-state index contributed by atoms with van der Waals surface area (Å²) < 4.78 is 0. The van der Waals surface area contributed by atoms with Crippen LogP contribution < -0.4 is 10.6 Å². The van der Waals surface area contributed by atoms with Crippen molar-refractivity contribution in [3.05, 3.63) is 30.3 Å². The molecule has 1 aromatic heterocycles. The van der Waals surface area contributed by atoms with E-state index in [9.17, 15) is 9.59 Å². The lowest BCUT2D eigenvalue weighted by Gasteiger charge is -2.23. The molecule has 0 bridgehead atoms. The highest BCUT2D eigenvalue weighted by Crippen LogP contribution is 2.26. The van der Waals surface area contributed by atoms with Gasteiger partial charge in [-0.3, -0.25) is 14.9 Å². The maximum atomic E-state index is 12.5. The molecule has 0 saturated heterocycles. The van der Waals surface area contributed by atoms with Gasteiger partial charge in [0.05, 0.1) is 0 Å². The molecule has 0 fully saturated rings. The monoisotopic (exact) mass is 400 g/mol. The van der Waals surface area contributed by atoms with Crippen LogP contribution in [0, 0.1) is 5.92 Å². The van der Waals surface area contributed by atoms with E-state index in [-0.39, 0.29) is 11.8 Å². The number of aromatic nitrogens is 2. The second kappa shape index (κ2) is 9.12. The number of hydrogen-bond donors (Lipinski definition) is 2. The zero-order chi connectivity index (χ0) is 18.4. The summed E-state index contributed by atoms with van der Waals surface area (Å²) in [6, 6.07) is 8.77. The van der Waals surface area contributed by atoms with Gasteiger partial charge in [-0.1, -0.05) is 85.1 Å². The predicted molar refractivity (Wildman–Crippen MR) is 101 cm³/mol. The predicted octanol–water partition coefficient (Wildman–Crippen LogP) is 3.48. The van der Waals surface area contributed by atoms with E-state index in [2.05, 4.69) is 20.8 Å². The first-order chi connectivity index (χ1) is 11.9. The maximum Gasteiger partial charge on any atom is 0.253 e. The number of hydrogen-bond acceptors (Lipinski definition) is 5. The van der Waals surface area contributed by atoms with Gasteiger partial charge in [-0.05, 0) is 5.92 Å². The summed E-state index contributed by atoms with van der Waals surface area (Å²) in [7, 11) is 0. The Balaban J connectivity index is 2.10. The van der Waals surface area contributed by atoms with Crippen LogP contribution in [0.25, 0.3) is 10.6 Å². The molecular formula is C16H18Cl2N4O2S. The van der Waals surface area contributed by atoms with Gasteiger partial charge in [-0.15, -0.1) is 10.2 Å². The first-order valence-electron chi connectivity index (χ1n) is 7.70. The summed E-state index contributed by atoms with van der Waals surface area (Å²) in [5.41, 5.74) is 0.916. The number of benzene rings is 1. The van der Waals surface area contributed by atoms with Gasteiger partial charge in [0.15, 0.2) is 4.84 Å². The van der Waals surface area contributed by atoms with E-state index in [0.29, 0.717) is 16.6 Å². The molecule has 0 spiro atoms. The van der Waals surface area contributed by atoms with E-state index in [0.717, 1.165) is 5.56 Å². The fraction of sp³-hybridized carbons (Fsp3) is 0.375. The van der Waals surface area contributed by atoms with Crippen molar-refractivity contribution in [2.45, 2.75) is 31.1 Å². The van der Waals surface area contributed by atoms with E-state index in [1.807, 2.05) is 44.2 Å². The number of amides is 2. The highest BCUT2D eigenvalue weighted by molar-refractivity contribution is 7.18. The van der Waals surface area contributed by atoms with Crippen molar-refractivity contribution in [2.24, 2.45) is 5.92 Å². The van der Waals surface area contributed by atoms with Gasteiger partial charge < -0.3 is 5.32 Å². The molecule has 2 unspecified atom stereocenters. The molecule has 2 N–H and O–H groups in total. The van der Waals surface area contributed by atoms with Crippen LogP contribution in [0.4, 0.5) is 5.13 Å². The number of halogens is 2. The largest absolute Gasteiger partial charge is 0.342 e. The van der Waals surface area contributed by atoms with Crippen molar-refractivity contribution in [2.75, 3.05) is 5.32 Å². The molecule has 0 saturated carbocycles. The summed E-state index contributed by atoms with van der Waals surface area (Å²) in [5.74, 6) is -1.09.